The van der Waals surface area contributed by atoms with Gasteiger partial charge in [0.1, 0.15) is 0 Å². The summed E-state index contributed by atoms with van der Waals surface area (Å²) in [7, 11) is 1.85. The Morgan fingerprint density at radius 3 is 1.83 bits per heavy atom. The van der Waals surface area contributed by atoms with Crippen molar-refractivity contribution in [3.05, 3.63) is 82.9 Å². The molecule has 0 aliphatic carbocycles. The molecule has 2 rings (SSSR count). The maximum absolute atomic E-state index is 12.0. The quantitative estimate of drug-likeness (QED) is 0.284. The van der Waals surface area contributed by atoms with Crippen molar-refractivity contribution in [3.63, 3.8) is 0 Å². The maximum Gasteiger partial charge on any atom is 2.00 e. The number of rotatable bonds is 3. The largest absolute Gasteiger partial charge is 2.00 e. The third-order valence-corrected chi connectivity index (χ3v) is 2.80. The first-order valence-electron chi connectivity index (χ1n) is 6.33. The van der Waals surface area contributed by atoms with Crippen LogP contribution in [0.15, 0.2) is 30.8 Å². The average Bonchev–Trinajstić information content (AvgIpc) is 2.58. The molecule has 0 saturated heterocycles. The van der Waals surface area contributed by atoms with Crippen molar-refractivity contribution in [2.24, 2.45) is 0 Å². The van der Waals surface area contributed by atoms with Gasteiger partial charge in [-0.2, -0.15) is 0 Å². The fourth-order valence-electron chi connectivity index (χ4n) is 1.46. The Morgan fingerprint density at radius 1 is 1.00 bits per heavy atom. The molecule has 0 amide bonds. The van der Waals surface area contributed by atoms with Crippen LogP contribution in [0.2, 0.25) is 0 Å². The van der Waals surface area contributed by atoms with Crippen molar-refractivity contribution in [1.82, 2.24) is 5.32 Å². The fourth-order valence-corrected chi connectivity index (χ4v) is 1.46. The molecular weight excluding hydrogens is 355 g/mol. The number of nitrogens with one attached hydrogen (secondary N) is 2. The van der Waals surface area contributed by atoms with Crippen molar-refractivity contribution in [3.8, 4) is 0 Å². The van der Waals surface area contributed by atoms with Crippen LogP contribution < -0.4 is 5.32 Å². The summed E-state index contributed by atoms with van der Waals surface area (Å²) in [5.74, 6) is -10.0. The molecule has 0 fully saturated rings. The monoisotopic (exact) mass is 368 g/mol. The molecule has 0 bridgehead atoms. The van der Waals surface area contributed by atoms with E-state index in [1.165, 1.54) is 0 Å². The first kappa shape index (κ1) is 22.8. The molecule has 0 unspecified atom stereocenters. The topological polar surface area (TPSA) is 35.8 Å². The zero-order valence-electron chi connectivity index (χ0n) is 12.8. The van der Waals surface area contributed by atoms with E-state index < -0.39 is 29.1 Å². The van der Waals surface area contributed by atoms with E-state index in [1.54, 1.807) is 0 Å². The van der Waals surface area contributed by atoms with E-state index in [1.807, 2.05) is 31.3 Å². The third kappa shape index (κ3) is 6.05. The predicted octanol–water partition coefficient (Wildman–Crippen LogP) is 4.23. The molecule has 0 aliphatic heterocycles. The van der Waals surface area contributed by atoms with Gasteiger partial charge in [-0.15, -0.1) is 12.6 Å². The van der Waals surface area contributed by atoms with Crippen LogP contribution in [0.4, 0.5) is 22.0 Å². The Kier molecular flexibility index (Phi) is 10.1. The molecule has 0 spiro atoms. The number of benzene rings is 2. The van der Waals surface area contributed by atoms with Crippen LogP contribution in [-0.2, 0) is 6.54 Å². The first-order chi connectivity index (χ1) is 10.8. The van der Waals surface area contributed by atoms with E-state index in [2.05, 4.69) is 11.9 Å². The second-order valence-electron chi connectivity index (χ2n) is 4.30. The molecule has 2 aromatic rings. The molecule has 2 nitrogen and oxygen atoms in total. The molecule has 0 saturated carbocycles. The predicted molar refractivity (Wildman–Crippen MR) is 83.4 cm³/mol. The normalized spacial score (nSPS) is 9.46. The van der Waals surface area contributed by atoms with Gasteiger partial charge in [-0.3, -0.25) is 8.78 Å². The molecule has 0 atom stereocenters. The van der Waals surface area contributed by atoms with E-state index in [0.29, 0.717) is 6.54 Å². The molecule has 2 aromatic carbocycles. The number of hydrogen-bond donors (Lipinski definition) is 1. The van der Waals surface area contributed by atoms with Crippen molar-refractivity contribution in [2.45, 2.75) is 6.54 Å². The van der Waals surface area contributed by atoms with Crippen molar-refractivity contribution >= 4 is 43.4 Å². The molecule has 2 N–H and O–H groups in total. The van der Waals surface area contributed by atoms with Gasteiger partial charge in [0, 0.05) is 12.7 Å². The fraction of sp³-hybridized carbons (Fsp3) is 0.125. The van der Waals surface area contributed by atoms with Crippen molar-refractivity contribution in [1.29, 1.82) is 0 Å². The molecule has 0 aromatic heterocycles. The van der Waals surface area contributed by atoms with Gasteiger partial charge >= 0.3 is 37.7 Å². The van der Waals surface area contributed by atoms with E-state index in [-0.39, 0.29) is 37.7 Å². The van der Waals surface area contributed by atoms with E-state index >= 15 is 0 Å². The van der Waals surface area contributed by atoms with Crippen molar-refractivity contribution in [2.75, 3.05) is 7.05 Å². The minimum atomic E-state index is -2.17. The summed E-state index contributed by atoms with van der Waals surface area (Å²) in [6.45, 7) is 4.18. The van der Waals surface area contributed by atoms with Crippen LogP contribution in [0.5, 0.6) is 0 Å². The smallest absolute Gasteiger partial charge is 0.674 e. The molecule has 0 aliphatic rings. The summed E-state index contributed by atoms with van der Waals surface area (Å²) in [5.41, 5.74) is 10.1. The Bertz CT molecular complexity index is 664. The number of halogens is 5. The standard InChI is InChI=1S/C10H13N2.C6F5.Ca/c1-8(12-2)10-5-3-9(7-11)4-6-10;7-2-1-3(8)5(10)6(11)4(2)9;/h3-6,11-12H,1,7H2,2H3;;/q2*-1;+2. The van der Waals surface area contributed by atoms with E-state index in [0.717, 1.165) is 22.9 Å². The van der Waals surface area contributed by atoms with Crippen LogP contribution in [0, 0.1) is 35.2 Å². The van der Waals surface area contributed by atoms with Crippen LogP contribution in [0.3, 0.4) is 0 Å². The molecule has 0 radical (unpaired) electrons. The Balaban J connectivity index is 0.000000425. The molecule has 8 heteroatoms. The van der Waals surface area contributed by atoms with Crippen LogP contribution >= 0.6 is 0 Å². The first-order valence-corrected chi connectivity index (χ1v) is 6.33. The summed E-state index contributed by atoms with van der Waals surface area (Å²) < 4.78 is 59.9. The Morgan fingerprint density at radius 2 is 1.46 bits per heavy atom. The minimum absolute atomic E-state index is 0. The zero-order chi connectivity index (χ0) is 17.6. The summed E-state index contributed by atoms with van der Waals surface area (Å²) in [5, 5.41) is 2.98. The second kappa shape index (κ2) is 10.7. The van der Waals surface area contributed by atoms with Gasteiger partial charge in [0.05, 0.1) is 29.1 Å². The molecule has 0 heterocycles. The summed E-state index contributed by atoms with van der Waals surface area (Å²) in [4.78, 5) is 0. The van der Waals surface area contributed by atoms with Gasteiger partial charge in [0.15, 0.2) is 0 Å². The second-order valence-corrected chi connectivity index (χ2v) is 4.30. The van der Waals surface area contributed by atoms with Gasteiger partial charge in [0.2, 0.25) is 0 Å². The number of hydrogen-bond acceptors (Lipinski definition) is 1. The molecule has 24 heavy (non-hydrogen) atoms. The van der Waals surface area contributed by atoms with Gasteiger partial charge in [-0.05, 0) is 5.56 Å². The van der Waals surface area contributed by atoms with Crippen LogP contribution in [-0.4, -0.2) is 44.8 Å². The summed E-state index contributed by atoms with van der Waals surface area (Å²) in [6, 6.07) is 8.87. The van der Waals surface area contributed by atoms with Gasteiger partial charge in [0.25, 0.3) is 0 Å². The zero-order valence-corrected chi connectivity index (χ0v) is 15.0. The summed E-state index contributed by atoms with van der Waals surface area (Å²) in [6.07, 6.45) is 0. The van der Waals surface area contributed by atoms with Gasteiger partial charge in [-0.25, -0.2) is 13.2 Å². The third-order valence-electron chi connectivity index (χ3n) is 2.80. The van der Waals surface area contributed by atoms with Crippen LogP contribution in [0.25, 0.3) is 11.4 Å². The summed E-state index contributed by atoms with van der Waals surface area (Å²) >= 11 is 0. The van der Waals surface area contributed by atoms with Crippen LogP contribution in [0.1, 0.15) is 11.1 Å². The Hall–Kier alpha value is -1.15. The molecular formula is C16H13CaF5N2. The van der Waals surface area contributed by atoms with Gasteiger partial charge < -0.3 is 11.1 Å². The van der Waals surface area contributed by atoms with Gasteiger partial charge in [-0.1, -0.05) is 36.4 Å². The van der Waals surface area contributed by atoms with E-state index in [4.69, 9.17) is 5.73 Å². The van der Waals surface area contributed by atoms with Crippen molar-refractivity contribution < 1.29 is 22.0 Å². The maximum atomic E-state index is 12.0. The Labute approximate surface area is 166 Å². The minimum Gasteiger partial charge on any atom is -0.674 e. The molecule has 124 valence electrons. The average molecular weight is 368 g/mol. The SMILES string of the molecule is C=C(NC)c1ccc(C[NH-])cc1.Fc1[c-]c(F)c(F)c(F)c1F.[Ca+2]. The van der Waals surface area contributed by atoms with E-state index in [9.17, 15) is 22.0 Å².